The number of Topliss-reactive ketones (excluding diaryl/α,β-unsaturated/α-hetero) is 1. The van der Waals surface area contributed by atoms with Crippen LogP contribution in [0.3, 0.4) is 0 Å². The van der Waals surface area contributed by atoms with Crippen LogP contribution in [0.4, 0.5) is 40.6 Å². The molecule has 5 aromatic rings. The zero-order chi connectivity index (χ0) is 45.7. The first kappa shape index (κ1) is 60.3. The van der Waals surface area contributed by atoms with Crippen LogP contribution in [-0.2, 0) is 40.5 Å². The molecule has 326 valence electrons. The predicted molar refractivity (Wildman–Crippen MR) is 215 cm³/mol. The summed E-state index contributed by atoms with van der Waals surface area (Å²) in [7, 11) is -21.3. The molecule has 0 spiro atoms. The Labute approximate surface area is 474 Å². The van der Waals surface area contributed by atoms with Gasteiger partial charge in [-0.1, -0.05) is 19.9 Å². The van der Waals surface area contributed by atoms with Crippen molar-refractivity contribution < 1.29 is 175 Å². The van der Waals surface area contributed by atoms with Crippen LogP contribution in [0.15, 0.2) is 73.2 Å². The second kappa shape index (κ2) is 23.4. The van der Waals surface area contributed by atoms with E-state index in [0.717, 1.165) is 30.3 Å². The number of nitrogens with zero attached hydrogens (tertiary/aromatic N) is 7. The fourth-order valence-corrected chi connectivity index (χ4v) is 8.30. The largest absolute Gasteiger partial charge is 1.00 e. The first-order valence-corrected chi connectivity index (χ1v) is 23.1. The molecule has 4 N–H and O–H groups in total. The number of carbonyl (C=O) groups excluding carboxylic acids is 1. The number of rotatable bonds is 13. The summed E-state index contributed by atoms with van der Waals surface area (Å²) in [6.07, 6.45) is 0.527. The summed E-state index contributed by atoms with van der Waals surface area (Å²) in [6.45, 7) is 4.96. The van der Waals surface area contributed by atoms with E-state index in [1.165, 1.54) is 13.0 Å². The standard InChI is InChI=1S/C32H27Cl2N11O13S4.4Na/c1-13(2)27-38-28(33)40-31(39-27)36-19-11-16(5-7-21(19)60(50,51)52)35-30-41-29(34)42-32(43-30)37-20-12-17(59(47,48)49)9-15-10-23(62(56,57)58)25(26(46)24(15)20)45-44-18-6-4-14(3)8-22(18)61(53,54)55;;;;/h4-13,44H,1-3H3,(H,47,48,49)(H,50,51,52)(H,53,54,55)(H,56,57,58)(H,36,38,39,40)(H2,35,37,41,42,43);;;;/q;4*+1/p-4/b45-25+;;;;. The molecule has 3 aromatic carbocycles. The summed E-state index contributed by atoms with van der Waals surface area (Å²) in [5.74, 6) is -2.63. The van der Waals surface area contributed by atoms with E-state index in [2.05, 4.69) is 56.4 Å². The van der Waals surface area contributed by atoms with Gasteiger partial charge in [0.15, 0.2) is 0 Å². The maximum atomic E-state index is 14.1. The molecule has 0 bridgehead atoms. The molecule has 0 saturated carbocycles. The van der Waals surface area contributed by atoms with Gasteiger partial charge in [-0.25, -0.2) is 38.7 Å². The minimum absolute atomic E-state index is 0. The van der Waals surface area contributed by atoms with Crippen molar-refractivity contribution in [2.75, 3.05) is 21.4 Å². The van der Waals surface area contributed by atoms with Crippen molar-refractivity contribution in [2.24, 2.45) is 5.10 Å². The van der Waals surface area contributed by atoms with Crippen LogP contribution in [0.25, 0.3) is 6.08 Å². The van der Waals surface area contributed by atoms with Gasteiger partial charge in [0.25, 0.3) is 0 Å². The average molecular weight is 1060 g/mol. The molecule has 0 saturated heterocycles. The maximum Gasteiger partial charge on any atom is 1.00 e. The number of benzene rings is 3. The summed E-state index contributed by atoms with van der Waals surface area (Å²) < 4.78 is 146. The van der Waals surface area contributed by atoms with Gasteiger partial charge in [-0.2, -0.15) is 30.0 Å². The molecule has 66 heavy (non-hydrogen) atoms. The number of fused-ring (bicyclic) bond motifs is 1. The normalized spacial score (nSPS) is 13.2. The predicted octanol–water partition coefficient (Wildman–Crippen LogP) is -8.70. The Morgan fingerprint density at radius 2 is 1.17 bits per heavy atom. The van der Waals surface area contributed by atoms with Crippen molar-refractivity contribution in [3.05, 3.63) is 86.5 Å². The quantitative estimate of drug-likeness (QED) is 0.0483. The number of hydrogen-bond acceptors (Lipinski definition) is 24. The number of ketones is 1. The van der Waals surface area contributed by atoms with Gasteiger partial charge < -0.3 is 34.2 Å². The Morgan fingerprint density at radius 1 is 0.606 bits per heavy atom. The summed E-state index contributed by atoms with van der Waals surface area (Å²) in [4.78, 5) is 34.1. The summed E-state index contributed by atoms with van der Waals surface area (Å²) in [5, 5.41) is 10.6. The van der Waals surface area contributed by atoms with Gasteiger partial charge in [-0.15, -0.1) is 0 Å². The molecule has 2 heterocycles. The van der Waals surface area contributed by atoms with Gasteiger partial charge in [-0.3, -0.25) is 10.2 Å². The zero-order valence-corrected chi connectivity index (χ0v) is 47.9. The molecule has 0 amide bonds. The molecular weight excluding hydrogens is 1040 g/mol. The number of aryl methyl sites for hydroxylation is 1. The molecule has 0 atom stereocenters. The molecule has 1 aliphatic rings. The first-order valence-electron chi connectivity index (χ1n) is 16.7. The van der Waals surface area contributed by atoms with Gasteiger partial charge in [0.2, 0.25) is 34.2 Å². The van der Waals surface area contributed by atoms with Crippen molar-refractivity contribution in [3.8, 4) is 0 Å². The van der Waals surface area contributed by atoms with Crippen molar-refractivity contribution >= 4 is 122 Å². The number of halogens is 2. The Hall–Kier alpha value is -1.82. The van der Waals surface area contributed by atoms with Gasteiger partial charge in [-0.05, 0) is 89.8 Å². The molecule has 0 aliphatic heterocycles. The molecule has 0 unspecified atom stereocenters. The Kier molecular flexibility index (Phi) is 21.4. The summed E-state index contributed by atoms with van der Waals surface area (Å²) >= 11 is 12.2. The van der Waals surface area contributed by atoms with Crippen LogP contribution < -0.4 is 140 Å². The molecular formula is C32H23Cl2N11Na4O13S4. The molecule has 0 radical (unpaired) electrons. The summed E-state index contributed by atoms with van der Waals surface area (Å²) in [6, 6.07) is 7.77. The van der Waals surface area contributed by atoms with Crippen LogP contribution in [0.2, 0.25) is 10.6 Å². The van der Waals surface area contributed by atoms with E-state index >= 15 is 0 Å². The second-order valence-electron chi connectivity index (χ2n) is 12.9. The zero-order valence-electron chi connectivity index (χ0n) is 35.1. The fraction of sp³-hybridized carbons (Fsp3) is 0.125. The number of hydrazone groups is 1. The molecule has 6 rings (SSSR count). The maximum absolute atomic E-state index is 14.1. The van der Waals surface area contributed by atoms with E-state index in [-0.39, 0.29) is 153 Å². The Balaban J connectivity index is 0.00000374. The Bertz CT molecular complexity index is 3270. The van der Waals surface area contributed by atoms with Gasteiger partial charge in [0.1, 0.15) is 52.0 Å². The SMILES string of the molecule is Cc1ccc(N/N=C2/C(=O)c3c(cc(S(=O)(=O)[O-])cc3Nc3nc(Cl)nc(Nc4ccc(S(=O)(=O)[O-])c(Nc5nc(Cl)nc(C(C)C)n5)c4)n3)C=C2S(=O)(=O)[O-])c(S(=O)(=O)[O-])c1.[Na+].[Na+].[Na+].[Na+]. The average Bonchev–Trinajstić information content (AvgIpc) is 3.12. The van der Waals surface area contributed by atoms with E-state index in [4.69, 9.17) is 23.2 Å². The van der Waals surface area contributed by atoms with Crippen molar-refractivity contribution in [2.45, 2.75) is 41.4 Å². The van der Waals surface area contributed by atoms with E-state index in [9.17, 15) is 56.7 Å². The minimum Gasteiger partial charge on any atom is -0.744 e. The number of allylic oxidation sites excluding steroid dienone is 1. The van der Waals surface area contributed by atoms with Gasteiger partial charge in [0.05, 0.1) is 42.2 Å². The molecule has 34 heteroatoms. The van der Waals surface area contributed by atoms with Crippen LogP contribution in [0.5, 0.6) is 0 Å². The number of carbonyl (C=O) groups is 1. The minimum atomic E-state index is -5.64. The first-order chi connectivity index (χ1) is 28.7. The molecule has 2 aromatic heterocycles. The molecule has 24 nitrogen and oxygen atoms in total. The molecule has 1 aliphatic carbocycles. The van der Waals surface area contributed by atoms with Crippen LogP contribution >= 0.6 is 23.2 Å². The third kappa shape index (κ3) is 14.9. The van der Waals surface area contributed by atoms with Gasteiger partial charge >= 0.3 is 118 Å². The summed E-state index contributed by atoms with van der Waals surface area (Å²) in [5.41, 5.74) is -1.43. The van der Waals surface area contributed by atoms with E-state index < -0.39 is 111 Å². The van der Waals surface area contributed by atoms with Crippen molar-refractivity contribution in [1.29, 1.82) is 0 Å². The number of hydrogen-bond donors (Lipinski definition) is 4. The van der Waals surface area contributed by atoms with Crippen molar-refractivity contribution in [1.82, 2.24) is 29.9 Å². The third-order valence-corrected chi connectivity index (χ3v) is 11.9. The van der Waals surface area contributed by atoms with Crippen LogP contribution in [0, 0.1) is 6.92 Å². The number of aromatic nitrogens is 6. The fourth-order valence-electron chi connectivity index (χ4n) is 5.46. The van der Waals surface area contributed by atoms with E-state index in [1.54, 1.807) is 13.8 Å². The monoisotopic (exact) mass is 1060 g/mol. The topological polar surface area (TPSA) is 384 Å². The molecule has 0 fully saturated rings. The van der Waals surface area contributed by atoms with E-state index in [1.807, 2.05) is 0 Å². The number of nitrogens with one attached hydrogen (secondary N) is 4. The smallest absolute Gasteiger partial charge is 0.744 e. The van der Waals surface area contributed by atoms with Gasteiger partial charge in [0, 0.05) is 11.6 Å². The second-order valence-corrected chi connectivity index (χ2v) is 19.0. The Morgan fingerprint density at radius 3 is 1.73 bits per heavy atom. The van der Waals surface area contributed by atoms with E-state index in [0.29, 0.717) is 23.8 Å². The van der Waals surface area contributed by atoms with Crippen LogP contribution in [0.1, 0.15) is 47.1 Å². The van der Waals surface area contributed by atoms with Crippen molar-refractivity contribution in [3.63, 3.8) is 0 Å². The van der Waals surface area contributed by atoms with Crippen LogP contribution in [-0.4, -0.2) is 93.3 Å². The number of anilines is 7. The third-order valence-electron chi connectivity index (χ3n) is 8.11.